The zero-order chi connectivity index (χ0) is 9.61. The van der Waals surface area contributed by atoms with Crippen LogP contribution in [-0.2, 0) is 4.79 Å². The van der Waals surface area contributed by atoms with E-state index in [0.29, 0.717) is 6.42 Å². The normalized spacial score (nSPS) is 14.8. The SMILES string of the molecule is C=CCSC(C)(CC=C)C(=O)S. The van der Waals surface area contributed by atoms with Crippen LogP contribution in [-0.4, -0.2) is 15.6 Å². The van der Waals surface area contributed by atoms with Gasteiger partial charge in [0.15, 0.2) is 0 Å². The van der Waals surface area contributed by atoms with Crippen LogP contribution >= 0.6 is 24.4 Å². The van der Waals surface area contributed by atoms with Gasteiger partial charge in [0, 0.05) is 5.75 Å². The Bertz CT molecular complexity index is 189. The van der Waals surface area contributed by atoms with Gasteiger partial charge in [-0.15, -0.1) is 37.5 Å². The number of hydrogen-bond donors (Lipinski definition) is 1. The molecule has 3 heteroatoms. The molecule has 1 nitrogen and oxygen atoms in total. The number of thiol groups is 1. The Hall–Kier alpha value is -0.150. The summed E-state index contributed by atoms with van der Waals surface area (Å²) < 4.78 is -0.445. The summed E-state index contributed by atoms with van der Waals surface area (Å²) in [5.41, 5.74) is 0. The smallest absolute Gasteiger partial charge is 0.201 e. The van der Waals surface area contributed by atoms with Crippen molar-refractivity contribution in [2.75, 3.05) is 5.75 Å². The monoisotopic (exact) mass is 202 g/mol. The Morgan fingerprint density at radius 1 is 1.58 bits per heavy atom. The molecule has 0 aliphatic carbocycles. The lowest BCUT2D eigenvalue weighted by molar-refractivity contribution is -0.112. The summed E-state index contributed by atoms with van der Waals surface area (Å²) in [5.74, 6) is 0.761. The molecule has 0 heterocycles. The lowest BCUT2D eigenvalue weighted by Crippen LogP contribution is -2.27. The second kappa shape index (κ2) is 5.49. The molecule has 0 N–H and O–H groups in total. The summed E-state index contributed by atoms with van der Waals surface area (Å²) >= 11 is 5.39. The fourth-order valence-corrected chi connectivity index (χ4v) is 1.86. The predicted molar refractivity (Wildman–Crippen MR) is 59.9 cm³/mol. The van der Waals surface area contributed by atoms with E-state index in [1.165, 1.54) is 0 Å². The molecule has 0 spiro atoms. The zero-order valence-electron chi connectivity index (χ0n) is 7.25. The largest absolute Gasteiger partial charge is 0.286 e. The molecule has 1 atom stereocenters. The second-order valence-corrected chi connectivity index (χ2v) is 4.56. The van der Waals surface area contributed by atoms with Crippen LogP contribution in [0, 0.1) is 0 Å². The van der Waals surface area contributed by atoms with Crippen LogP contribution in [0.3, 0.4) is 0 Å². The number of carbonyl (C=O) groups is 1. The van der Waals surface area contributed by atoms with Crippen LogP contribution in [0.15, 0.2) is 25.3 Å². The van der Waals surface area contributed by atoms with Gasteiger partial charge in [0.1, 0.15) is 0 Å². The van der Waals surface area contributed by atoms with Crippen LogP contribution in [0.4, 0.5) is 0 Å². The average Bonchev–Trinajstić information content (AvgIpc) is 2.01. The fraction of sp³-hybridized carbons (Fsp3) is 0.444. The van der Waals surface area contributed by atoms with Crippen LogP contribution in [0.2, 0.25) is 0 Å². The third-order valence-electron chi connectivity index (χ3n) is 1.51. The first-order chi connectivity index (χ1) is 5.56. The van der Waals surface area contributed by atoms with E-state index >= 15 is 0 Å². The van der Waals surface area contributed by atoms with E-state index in [1.807, 2.05) is 6.92 Å². The number of allylic oxidation sites excluding steroid dienone is 1. The Morgan fingerprint density at radius 2 is 2.17 bits per heavy atom. The summed E-state index contributed by atoms with van der Waals surface area (Å²) in [6.45, 7) is 9.08. The fourth-order valence-electron chi connectivity index (χ4n) is 0.726. The number of hydrogen-bond acceptors (Lipinski definition) is 2. The van der Waals surface area contributed by atoms with E-state index in [-0.39, 0.29) is 5.12 Å². The summed E-state index contributed by atoms with van der Waals surface area (Å²) in [5, 5.41) is -0.103. The van der Waals surface area contributed by atoms with Gasteiger partial charge in [-0.3, -0.25) is 4.79 Å². The van der Waals surface area contributed by atoms with Crippen molar-refractivity contribution in [3.63, 3.8) is 0 Å². The molecule has 0 aliphatic heterocycles. The molecule has 0 fully saturated rings. The van der Waals surface area contributed by atoms with Gasteiger partial charge < -0.3 is 0 Å². The first-order valence-corrected chi connectivity index (χ1v) is 5.09. The van der Waals surface area contributed by atoms with Gasteiger partial charge in [-0.1, -0.05) is 12.2 Å². The van der Waals surface area contributed by atoms with Crippen molar-refractivity contribution in [1.29, 1.82) is 0 Å². The maximum Gasteiger partial charge on any atom is 0.201 e. The molecule has 0 aromatic rings. The number of rotatable bonds is 6. The molecule has 12 heavy (non-hydrogen) atoms. The van der Waals surface area contributed by atoms with Gasteiger partial charge in [-0.05, 0) is 13.3 Å². The van der Waals surface area contributed by atoms with Gasteiger partial charge in [-0.25, -0.2) is 0 Å². The summed E-state index contributed by atoms with van der Waals surface area (Å²) in [7, 11) is 0. The van der Waals surface area contributed by atoms with Gasteiger partial charge in [0.25, 0.3) is 0 Å². The first-order valence-electron chi connectivity index (χ1n) is 3.66. The molecule has 68 valence electrons. The molecular formula is C9H14OS2. The zero-order valence-corrected chi connectivity index (χ0v) is 8.96. The van der Waals surface area contributed by atoms with Crippen LogP contribution in [0.5, 0.6) is 0 Å². The lowest BCUT2D eigenvalue weighted by Gasteiger charge is -2.22. The van der Waals surface area contributed by atoms with Crippen molar-refractivity contribution in [1.82, 2.24) is 0 Å². The van der Waals surface area contributed by atoms with E-state index in [0.717, 1.165) is 5.75 Å². The molecule has 0 rings (SSSR count). The second-order valence-electron chi connectivity index (χ2n) is 2.63. The van der Waals surface area contributed by atoms with Crippen molar-refractivity contribution in [2.45, 2.75) is 18.1 Å². The average molecular weight is 202 g/mol. The summed E-state index contributed by atoms with van der Waals surface area (Å²) in [6, 6.07) is 0. The van der Waals surface area contributed by atoms with Gasteiger partial charge in [-0.2, -0.15) is 0 Å². The van der Waals surface area contributed by atoms with Crippen molar-refractivity contribution in [3.05, 3.63) is 25.3 Å². The molecular weight excluding hydrogens is 188 g/mol. The van der Waals surface area contributed by atoms with E-state index in [4.69, 9.17) is 0 Å². The highest BCUT2D eigenvalue weighted by Gasteiger charge is 2.29. The van der Waals surface area contributed by atoms with E-state index in [1.54, 1.807) is 23.9 Å². The van der Waals surface area contributed by atoms with Crippen LogP contribution in [0.25, 0.3) is 0 Å². The highest BCUT2D eigenvalue weighted by atomic mass is 32.2. The van der Waals surface area contributed by atoms with E-state index in [2.05, 4.69) is 25.8 Å². The molecule has 0 radical (unpaired) electrons. The Balaban J connectivity index is 4.26. The van der Waals surface area contributed by atoms with Crippen molar-refractivity contribution in [3.8, 4) is 0 Å². The van der Waals surface area contributed by atoms with Crippen LogP contribution in [0.1, 0.15) is 13.3 Å². The maximum absolute atomic E-state index is 11.1. The Labute approximate surface area is 83.7 Å². The Kier molecular flexibility index (Phi) is 5.42. The standard InChI is InChI=1S/C9H14OS2/c1-4-6-9(3,8(10)11)12-7-5-2/h4-5H,1-2,6-7H2,3H3,(H,10,11). The van der Waals surface area contributed by atoms with Gasteiger partial charge in [0.05, 0.1) is 4.75 Å². The minimum absolute atomic E-state index is 0.103. The van der Waals surface area contributed by atoms with Gasteiger partial charge in [0.2, 0.25) is 5.12 Å². The minimum atomic E-state index is -0.445. The first kappa shape index (κ1) is 11.8. The quantitative estimate of drug-likeness (QED) is 0.527. The molecule has 0 aromatic heterocycles. The molecule has 0 bridgehead atoms. The predicted octanol–water partition coefficient (Wildman–Crippen LogP) is 2.70. The number of thioether (sulfide) groups is 1. The minimum Gasteiger partial charge on any atom is -0.286 e. The molecule has 0 saturated heterocycles. The van der Waals surface area contributed by atoms with E-state index < -0.39 is 4.75 Å². The summed E-state index contributed by atoms with van der Waals surface area (Å²) in [6.07, 6.45) is 4.17. The third-order valence-corrected chi connectivity index (χ3v) is 3.54. The Morgan fingerprint density at radius 3 is 2.50 bits per heavy atom. The molecule has 0 aliphatic rings. The lowest BCUT2D eigenvalue weighted by atomic mass is 10.1. The molecule has 0 saturated carbocycles. The highest BCUT2D eigenvalue weighted by molar-refractivity contribution is 8.06. The van der Waals surface area contributed by atoms with Crippen molar-refractivity contribution >= 4 is 29.5 Å². The van der Waals surface area contributed by atoms with Gasteiger partial charge >= 0.3 is 0 Å². The third kappa shape index (κ3) is 3.50. The maximum atomic E-state index is 11.1. The molecule has 0 aromatic carbocycles. The topological polar surface area (TPSA) is 17.1 Å². The summed E-state index contributed by atoms with van der Waals surface area (Å²) in [4.78, 5) is 11.1. The number of carbonyl (C=O) groups excluding carboxylic acids is 1. The van der Waals surface area contributed by atoms with Crippen molar-refractivity contribution in [2.24, 2.45) is 0 Å². The molecule has 0 amide bonds. The molecule has 1 unspecified atom stereocenters. The van der Waals surface area contributed by atoms with E-state index in [9.17, 15) is 4.79 Å². The van der Waals surface area contributed by atoms with Crippen molar-refractivity contribution < 1.29 is 4.79 Å². The van der Waals surface area contributed by atoms with Crippen LogP contribution < -0.4 is 0 Å². The highest BCUT2D eigenvalue weighted by Crippen LogP contribution is 2.31.